The quantitative estimate of drug-likeness (QED) is 0.676. The molecule has 0 amide bonds. The van der Waals surface area contributed by atoms with E-state index in [4.69, 9.17) is 8.83 Å². The number of aryl methyl sites for hydroxylation is 3. The zero-order chi connectivity index (χ0) is 18.8. The zero-order valence-electron chi connectivity index (χ0n) is 16.8. The largest absolute Gasteiger partial charge is 0.519 e. The maximum Gasteiger partial charge on any atom is 0.519 e. The predicted molar refractivity (Wildman–Crippen MR) is 102 cm³/mol. The summed E-state index contributed by atoms with van der Waals surface area (Å²) in [5.41, 5.74) is 5.07. The summed E-state index contributed by atoms with van der Waals surface area (Å²) in [5.74, 6) is 0.647. The van der Waals surface area contributed by atoms with Gasteiger partial charge in [-0.3, -0.25) is 0 Å². The molecule has 0 N–H and O–H groups in total. The van der Waals surface area contributed by atoms with Gasteiger partial charge in [0.05, 0.1) is 0 Å². The summed E-state index contributed by atoms with van der Waals surface area (Å²) in [6.45, 7) is 14.8. The van der Waals surface area contributed by atoms with Crippen molar-refractivity contribution in [2.75, 3.05) is 0 Å². The summed E-state index contributed by atoms with van der Waals surface area (Å²) in [4.78, 5) is 10.7. The number of fused-ring (bicyclic) bond motifs is 1. The number of hydrogen-bond acceptors (Lipinski definition) is 3. The molecule has 3 rings (SSSR count). The molecule has 0 saturated carbocycles. The second-order valence-electron chi connectivity index (χ2n) is 9.26. The average Bonchev–Trinajstić information content (AvgIpc) is 3.02. The molecule has 0 radical (unpaired) electrons. The molecule has 3 nitrogen and oxygen atoms in total. The van der Waals surface area contributed by atoms with Crippen LogP contribution in [0.2, 0.25) is 0 Å². The molecule has 3 heteroatoms. The number of hydrogen-bond donors (Lipinski definition) is 0. The smallest absolute Gasteiger partial charge is 0.396 e. The fourth-order valence-electron chi connectivity index (χ4n) is 3.06. The maximum absolute atomic E-state index is 10.7. The molecule has 0 unspecified atom stereocenters. The Balaban J connectivity index is 0.000000181. The van der Waals surface area contributed by atoms with Crippen molar-refractivity contribution in [2.24, 2.45) is 5.41 Å². The SMILES string of the molecule is CC(C)(C)c1ccc2c(c1)CCC2.Cc1oc(=O)oc1CC(C)(C)C. The van der Waals surface area contributed by atoms with Crippen molar-refractivity contribution in [2.45, 2.75) is 79.6 Å². The number of rotatable bonds is 1. The molecule has 138 valence electrons. The fourth-order valence-corrected chi connectivity index (χ4v) is 3.06. The molecule has 1 aliphatic carbocycles. The standard InChI is InChI=1S/C13H18.C9H14O3/c1-13(2,3)12-8-7-10-5-4-6-11(10)9-12;1-6-7(5-9(2,3)4)12-8(10)11-6/h7-9H,4-6H2,1-3H3;5H2,1-4H3. The van der Waals surface area contributed by atoms with Gasteiger partial charge in [0.15, 0.2) is 0 Å². The topological polar surface area (TPSA) is 43.4 Å². The lowest BCUT2D eigenvalue weighted by Gasteiger charge is -2.19. The van der Waals surface area contributed by atoms with E-state index >= 15 is 0 Å². The van der Waals surface area contributed by atoms with E-state index < -0.39 is 5.82 Å². The van der Waals surface area contributed by atoms with Crippen LogP contribution < -0.4 is 5.82 Å². The van der Waals surface area contributed by atoms with Crippen LogP contribution >= 0.6 is 0 Å². The van der Waals surface area contributed by atoms with Crippen molar-refractivity contribution in [1.29, 1.82) is 0 Å². The summed E-state index contributed by atoms with van der Waals surface area (Å²) < 4.78 is 9.61. The van der Waals surface area contributed by atoms with Gasteiger partial charge in [-0.2, -0.15) is 0 Å². The van der Waals surface area contributed by atoms with E-state index in [-0.39, 0.29) is 5.41 Å². The van der Waals surface area contributed by atoms with Gasteiger partial charge < -0.3 is 8.83 Å². The van der Waals surface area contributed by atoms with Crippen LogP contribution in [0.15, 0.2) is 31.8 Å². The molecule has 2 aromatic rings. The van der Waals surface area contributed by atoms with Crippen LogP contribution in [-0.2, 0) is 24.7 Å². The van der Waals surface area contributed by atoms with Crippen molar-refractivity contribution in [1.82, 2.24) is 0 Å². The molecule has 1 aromatic heterocycles. The van der Waals surface area contributed by atoms with E-state index in [0.29, 0.717) is 16.9 Å². The molecule has 1 aromatic carbocycles. The highest BCUT2D eigenvalue weighted by Gasteiger charge is 2.18. The molecule has 25 heavy (non-hydrogen) atoms. The zero-order valence-corrected chi connectivity index (χ0v) is 16.8. The minimum absolute atomic E-state index is 0.116. The van der Waals surface area contributed by atoms with E-state index in [1.807, 2.05) is 0 Å². The lowest BCUT2D eigenvalue weighted by Crippen LogP contribution is -2.11. The highest BCUT2D eigenvalue weighted by molar-refractivity contribution is 5.37. The molecule has 0 atom stereocenters. The van der Waals surface area contributed by atoms with E-state index in [1.54, 1.807) is 18.1 Å². The summed E-state index contributed by atoms with van der Waals surface area (Å²) >= 11 is 0. The van der Waals surface area contributed by atoms with Crippen molar-refractivity contribution >= 4 is 0 Å². The van der Waals surface area contributed by atoms with E-state index in [9.17, 15) is 4.79 Å². The molecule has 0 saturated heterocycles. The first kappa shape index (κ1) is 19.6. The highest BCUT2D eigenvalue weighted by Crippen LogP contribution is 2.28. The van der Waals surface area contributed by atoms with E-state index in [2.05, 4.69) is 59.7 Å². The molecule has 1 aliphatic rings. The summed E-state index contributed by atoms with van der Waals surface area (Å²) in [6, 6.07) is 7.02. The van der Waals surface area contributed by atoms with Crippen molar-refractivity contribution in [3.8, 4) is 0 Å². The third-order valence-electron chi connectivity index (χ3n) is 4.49. The first-order valence-electron chi connectivity index (χ1n) is 9.17. The summed E-state index contributed by atoms with van der Waals surface area (Å²) in [6.07, 6.45) is 4.66. The van der Waals surface area contributed by atoms with Crippen molar-refractivity contribution < 1.29 is 8.83 Å². The Morgan fingerprint density at radius 1 is 0.960 bits per heavy atom. The predicted octanol–water partition coefficient (Wildman–Crippen LogP) is 5.60. The van der Waals surface area contributed by atoms with E-state index in [0.717, 1.165) is 6.42 Å². The Morgan fingerprint density at radius 3 is 2.12 bits per heavy atom. The van der Waals surface area contributed by atoms with Gasteiger partial charge in [-0.1, -0.05) is 59.7 Å². The van der Waals surface area contributed by atoms with Crippen LogP contribution in [0, 0.1) is 12.3 Å². The van der Waals surface area contributed by atoms with Crippen LogP contribution in [0.3, 0.4) is 0 Å². The van der Waals surface area contributed by atoms with Crippen LogP contribution in [0.4, 0.5) is 0 Å². The Bertz CT molecular complexity index is 764. The summed E-state index contributed by atoms with van der Waals surface area (Å²) in [7, 11) is 0. The van der Waals surface area contributed by atoms with Crippen LogP contribution in [0.25, 0.3) is 0 Å². The van der Waals surface area contributed by atoms with Crippen LogP contribution in [-0.4, -0.2) is 0 Å². The molecular formula is C22H32O3. The van der Waals surface area contributed by atoms with Gasteiger partial charge in [0.25, 0.3) is 0 Å². The Hall–Kier alpha value is -1.77. The third kappa shape index (κ3) is 5.62. The second-order valence-corrected chi connectivity index (χ2v) is 9.26. The van der Waals surface area contributed by atoms with Crippen LogP contribution in [0.1, 0.15) is 76.2 Å². The lowest BCUT2D eigenvalue weighted by molar-refractivity contribution is 0.335. The first-order chi connectivity index (χ1) is 11.5. The molecule has 0 bridgehead atoms. The van der Waals surface area contributed by atoms with Gasteiger partial charge in [-0.15, -0.1) is 0 Å². The van der Waals surface area contributed by atoms with E-state index in [1.165, 1.54) is 24.8 Å². The summed E-state index contributed by atoms with van der Waals surface area (Å²) in [5, 5.41) is 0. The monoisotopic (exact) mass is 344 g/mol. The molecule has 0 fully saturated rings. The minimum Gasteiger partial charge on any atom is -0.396 e. The fraction of sp³-hybridized carbons (Fsp3) is 0.591. The third-order valence-corrected chi connectivity index (χ3v) is 4.49. The molecule has 0 spiro atoms. The van der Waals surface area contributed by atoms with Gasteiger partial charge in [-0.25, -0.2) is 4.79 Å². The first-order valence-corrected chi connectivity index (χ1v) is 9.17. The Morgan fingerprint density at radius 2 is 1.60 bits per heavy atom. The molecule has 1 heterocycles. The lowest BCUT2D eigenvalue weighted by atomic mass is 9.85. The second kappa shape index (κ2) is 7.23. The number of benzene rings is 1. The van der Waals surface area contributed by atoms with Gasteiger partial charge in [-0.05, 0) is 53.7 Å². The van der Waals surface area contributed by atoms with Crippen molar-refractivity contribution in [3.63, 3.8) is 0 Å². The minimum atomic E-state index is -0.605. The van der Waals surface area contributed by atoms with Gasteiger partial charge in [0, 0.05) is 6.42 Å². The molecule has 0 aliphatic heterocycles. The Kier molecular flexibility index (Phi) is 5.65. The van der Waals surface area contributed by atoms with Gasteiger partial charge >= 0.3 is 5.82 Å². The molecular weight excluding hydrogens is 312 g/mol. The Labute approximate surface area is 151 Å². The van der Waals surface area contributed by atoms with Crippen molar-refractivity contribution in [3.05, 3.63) is 57.0 Å². The van der Waals surface area contributed by atoms with Crippen LogP contribution in [0.5, 0.6) is 0 Å². The maximum atomic E-state index is 10.7. The van der Waals surface area contributed by atoms with Gasteiger partial charge in [0.2, 0.25) is 0 Å². The average molecular weight is 344 g/mol. The highest BCUT2D eigenvalue weighted by atomic mass is 16.6. The normalized spacial score (nSPS) is 14.0. The van der Waals surface area contributed by atoms with Gasteiger partial charge in [0.1, 0.15) is 11.5 Å².